The molecule has 0 aromatic carbocycles. The topological polar surface area (TPSA) is 72.2 Å². The molecule has 1 unspecified atom stereocenters. The number of nitrogens with one attached hydrogen (secondary N) is 1. The summed E-state index contributed by atoms with van der Waals surface area (Å²) >= 11 is 0. The first-order valence-corrected chi connectivity index (χ1v) is 3.31. The van der Waals surface area contributed by atoms with E-state index in [1.54, 1.807) is 0 Å². The summed E-state index contributed by atoms with van der Waals surface area (Å²) < 4.78 is 0. The van der Waals surface area contributed by atoms with Crippen LogP contribution in [-0.2, 0) is 9.59 Å². The summed E-state index contributed by atoms with van der Waals surface area (Å²) in [4.78, 5) is 20.5. The first-order valence-electron chi connectivity index (χ1n) is 3.31. The van der Waals surface area contributed by atoms with E-state index in [9.17, 15) is 9.59 Å². The van der Waals surface area contributed by atoms with Gasteiger partial charge in [0, 0.05) is 6.42 Å². The summed E-state index contributed by atoms with van der Waals surface area (Å²) in [7, 11) is 0. The summed E-state index contributed by atoms with van der Waals surface area (Å²) in [6, 6.07) is -0.347. The van der Waals surface area contributed by atoms with E-state index in [4.69, 9.17) is 5.73 Å². The van der Waals surface area contributed by atoms with Crippen LogP contribution in [0, 0.1) is 0 Å². The van der Waals surface area contributed by atoms with Crippen molar-refractivity contribution in [2.75, 3.05) is 0 Å². The number of rotatable bonds is 6. The average Bonchev–Trinajstić information content (AvgIpc) is 1.97. The summed E-state index contributed by atoms with van der Waals surface area (Å²) in [6.45, 7) is 3.39. The van der Waals surface area contributed by atoms with Crippen molar-refractivity contribution in [3.8, 4) is 0 Å². The van der Waals surface area contributed by atoms with Gasteiger partial charge in [-0.3, -0.25) is 4.79 Å². The van der Waals surface area contributed by atoms with Gasteiger partial charge in [0.1, 0.15) is 6.29 Å². The Morgan fingerprint density at radius 1 is 1.73 bits per heavy atom. The van der Waals surface area contributed by atoms with Gasteiger partial charge in [-0.1, -0.05) is 6.58 Å². The smallest absolute Gasteiger partial charge is 0.217 e. The summed E-state index contributed by atoms with van der Waals surface area (Å²) in [5.74, 6) is -0.400. The second kappa shape index (κ2) is 5.46. The molecule has 11 heavy (non-hydrogen) atoms. The van der Waals surface area contributed by atoms with E-state index in [1.807, 2.05) is 0 Å². The zero-order valence-corrected chi connectivity index (χ0v) is 6.25. The van der Waals surface area contributed by atoms with E-state index >= 15 is 0 Å². The monoisotopic (exact) mass is 156 g/mol. The third-order valence-corrected chi connectivity index (χ3v) is 1.20. The minimum atomic E-state index is -0.400. The highest BCUT2D eigenvalue weighted by Crippen LogP contribution is 1.92. The summed E-state index contributed by atoms with van der Waals surface area (Å²) in [5.41, 5.74) is 4.88. The van der Waals surface area contributed by atoms with Crippen molar-refractivity contribution >= 4 is 12.2 Å². The van der Waals surface area contributed by atoms with Gasteiger partial charge in [0.2, 0.25) is 5.91 Å². The number of carbonyl (C=O) groups is 2. The van der Waals surface area contributed by atoms with E-state index in [0.29, 0.717) is 6.42 Å². The lowest BCUT2D eigenvalue weighted by molar-refractivity contribution is -0.118. The van der Waals surface area contributed by atoms with Crippen LogP contribution in [0.1, 0.15) is 12.8 Å². The molecule has 0 aromatic rings. The SMILES string of the molecule is C=CNC(C=O)CCC(N)=O. The number of carbonyl (C=O) groups excluding carboxylic acids is 2. The summed E-state index contributed by atoms with van der Waals surface area (Å²) in [6.07, 6.45) is 2.78. The molecule has 4 nitrogen and oxygen atoms in total. The van der Waals surface area contributed by atoms with Crippen LogP contribution in [0.2, 0.25) is 0 Å². The van der Waals surface area contributed by atoms with Crippen LogP contribution in [0.3, 0.4) is 0 Å². The molecule has 0 saturated carbocycles. The number of hydrogen-bond acceptors (Lipinski definition) is 3. The Bertz CT molecular complexity index is 157. The van der Waals surface area contributed by atoms with Crippen LogP contribution < -0.4 is 11.1 Å². The Morgan fingerprint density at radius 3 is 2.73 bits per heavy atom. The zero-order valence-electron chi connectivity index (χ0n) is 6.25. The van der Waals surface area contributed by atoms with Crippen LogP contribution in [0.5, 0.6) is 0 Å². The minimum absolute atomic E-state index is 0.213. The second-order valence-electron chi connectivity index (χ2n) is 2.12. The lowest BCUT2D eigenvalue weighted by Gasteiger charge is -2.07. The van der Waals surface area contributed by atoms with E-state index in [-0.39, 0.29) is 12.5 Å². The van der Waals surface area contributed by atoms with Gasteiger partial charge in [0.05, 0.1) is 6.04 Å². The molecule has 62 valence electrons. The van der Waals surface area contributed by atoms with E-state index < -0.39 is 5.91 Å². The van der Waals surface area contributed by atoms with Crippen molar-refractivity contribution in [3.63, 3.8) is 0 Å². The minimum Gasteiger partial charge on any atom is -0.382 e. The Hall–Kier alpha value is -1.32. The Balaban J connectivity index is 3.59. The molecule has 0 aliphatic carbocycles. The normalized spacial score (nSPS) is 11.6. The van der Waals surface area contributed by atoms with Crippen LogP contribution in [0.4, 0.5) is 0 Å². The fraction of sp³-hybridized carbons (Fsp3) is 0.429. The molecule has 0 spiro atoms. The van der Waals surface area contributed by atoms with E-state index in [2.05, 4.69) is 11.9 Å². The van der Waals surface area contributed by atoms with Crippen LogP contribution in [0.15, 0.2) is 12.8 Å². The van der Waals surface area contributed by atoms with Crippen molar-refractivity contribution in [1.29, 1.82) is 0 Å². The first-order chi connectivity index (χ1) is 5.20. The molecule has 0 rings (SSSR count). The number of hydrogen-bond donors (Lipinski definition) is 2. The number of nitrogens with two attached hydrogens (primary N) is 1. The molecule has 3 N–H and O–H groups in total. The van der Waals surface area contributed by atoms with Crippen molar-refractivity contribution in [3.05, 3.63) is 12.8 Å². The number of primary amides is 1. The maximum absolute atomic E-state index is 10.3. The number of amides is 1. The molecule has 0 fully saturated rings. The van der Waals surface area contributed by atoms with Crippen molar-refractivity contribution < 1.29 is 9.59 Å². The Labute approximate surface area is 65.5 Å². The third kappa shape index (κ3) is 5.14. The zero-order chi connectivity index (χ0) is 8.69. The van der Waals surface area contributed by atoms with E-state index in [1.165, 1.54) is 6.20 Å². The maximum Gasteiger partial charge on any atom is 0.217 e. The maximum atomic E-state index is 10.3. The van der Waals surface area contributed by atoms with Gasteiger partial charge in [-0.15, -0.1) is 0 Å². The quantitative estimate of drug-likeness (QED) is 0.512. The van der Waals surface area contributed by atoms with Gasteiger partial charge in [0.15, 0.2) is 0 Å². The third-order valence-electron chi connectivity index (χ3n) is 1.20. The average molecular weight is 156 g/mol. The molecule has 0 aliphatic heterocycles. The molecule has 0 radical (unpaired) electrons. The van der Waals surface area contributed by atoms with Crippen molar-refractivity contribution in [2.24, 2.45) is 5.73 Å². The van der Waals surface area contributed by atoms with Gasteiger partial charge < -0.3 is 15.8 Å². The molecule has 1 atom stereocenters. The van der Waals surface area contributed by atoms with Crippen molar-refractivity contribution in [2.45, 2.75) is 18.9 Å². The molecule has 0 bridgehead atoms. The van der Waals surface area contributed by atoms with E-state index in [0.717, 1.165) is 6.29 Å². The van der Waals surface area contributed by atoms with Crippen LogP contribution in [0.25, 0.3) is 0 Å². The standard InChI is InChI=1S/C7H12N2O2/c1-2-9-6(5-10)3-4-7(8)11/h2,5-6,9H,1,3-4H2,(H2,8,11). The Morgan fingerprint density at radius 2 is 2.36 bits per heavy atom. The predicted molar refractivity (Wildman–Crippen MR) is 41.6 cm³/mol. The van der Waals surface area contributed by atoms with Crippen molar-refractivity contribution in [1.82, 2.24) is 5.32 Å². The first kappa shape index (κ1) is 9.68. The highest BCUT2D eigenvalue weighted by Gasteiger charge is 2.05. The molecule has 4 heteroatoms. The fourth-order valence-electron chi connectivity index (χ4n) is 0.640. The van der Waals surface area contributed by atoms with Gasteiger partial charge in [0.25, 0.3) is 0 Å². The molecular formula is C7H12N2O2. The second-order valence-corrected chi connectivity index (χ2v) is 2.12. The lowest BCUT2D eigenvalue weighted by atomic mass is 10.2. The lowest BCUT2D eigenvalue weighted by Crippen LogP contribution is -2.27. The molecule has 0 saturated heterocycles. The van der Waals surface area contributed by atoms with Crippen LogP contribution in [-0.4, -0.2) is 18.2 Å². The Kier molecular flexibility index (Phi) is 4.81. The number of aldehydes is 1. The summed E-state index contributed by atoms with van der Waals surface area (Å²) in [5, 5.41) is 2.68. The largest absolute Gasteiger partial charge is 0.382 e. The molecular weight excluding hydrogens is 144 g/mol. The van der Waals surface area contributed by atoms with Gasteiger partial charge in [-0.05, 0) is 12.6 Å². The molecule has 0 heterocycles. The molecule has 1 amide bonds. The van der Waals surface area contributed by atoms with Gasteiger partial charge in [-0.25, -0.2) is 0 Å². The van der Waals surface area contributed by atoms with Gasteiger partial charge in [-0.2, -0.15) is 0 Å². The highest BCUT2D eigenvalue weighted by atomic mass is 16.1. The highest BCUT2D eigenvalue weighted by molar-refractivity contribution is 5.74. The van der Waals surface area contributed by atoms with Crippen LogP contribution >= 0.6 is 0 Å². The molecule has 0 aromatic heterocycles. The van der Waals surface area contributed by atoms with Gasteiger partial charge >= 0.3 is 0 Å². The fourth-order valence-corrected chi connectivity index (χ4v) is 0.640. The predicted octanol–water partition coefficient (Wildman–Crippen LogP) is -0.448. The molecule has 0 aliphatic rings.